The highest BCUT2D eigenvalue weighted by Crippen LogP contribution is 2.54. The van der Waals surface area contributed by atoms with E-state index in [1.165, 1.54) is 32.1 Å². The first-order chi connectivity index (χ1) is 6.32. The van der Waals surface area contributed by atoms with E-state index in [0.717, 1.165) is 5.82 Å². The molecule has 0 bridgehead atoms. The first-order valence-electron chi connectivity index (χ1n) is 4.87. The molecular weight excluding hydrogens is 166 g/mol. The van der Waals surface area contributed by atoms with Crippen LogP contribution < -0.4 is 5.73 Å². The Morgan fingerprint density at radius 2 is 1.92 bits per heavy atom. The maximum absolute atomic E-state index is 6.39. The summed E-state index contributed by atoms with van der Waals surface area (Å²) in [5, 5.41) is 3.90. The van der Waals surface area contributed by atoms with Gasteiger partial charge in [-0.25, -0.2) is 0 Å². The highest BCUT2D eigenvalue weighted by molar-refractivity contribution is 5.15. The summed E-state index contributed by atoms with van der Waals surface area (Å²) in [5.74, 6) is 1.91. The van der Waals surface area contributed by atoms with Crippen molar-refractivity contribution in [3.63, 3.8) is 0 Å². The van der Waals surface area contributed by atoms with Crippen LogP contribution in [0.2, 0.25) is 0 Å². The Morgan fingerprint density at radius 3 is 2.31 bits per heavy atom. The number of nitrogens with zero attached hydrogens (tertiary/aromatic N) is 2. The van der Waals surface area contributed by atoms with E-state index >= 15 is 0 Å². The number of hydrogen-bond donors (Lipinski definition) is 1. The van der Waals surface area contributed by atoms with Gasteiger partial charge in [0.2, 0.25) is 6.39 Å². The van der Waals surface area contributed by atoms with E-state index in [2.05, 4.69) is 10.1 Å². The van der Waals surface area contributed by atoms with Crippen molar-refractivity contribution >= 4 is 0 Å². The molecule has 1 heterocycles. The van der Waals surface area contributed by atoms with Gasteiger partial charge in [0.25, 0.3) is 0 Å². The third-order valence-corrected chi connectivity index (χ3v) is 3.25. The van der Waals surface area contributed by atoms with Crippen LogP contribution in [0.5, 0.6) is 0 Å². The summed E-state index contributed by atoms with van der Waals surface area (Å²) in [6, 6.07) is 0. The molecule has 3 rings (SSSR count). The maximum Gasteiger partial charge on any atom is 0.213 e. The number of rotatable bonds is 3. The standard InChI is InChI=1S/C9H13N3O/c10-9(6-1-2-6,7-3-4-7)8-11-5-13-12-8/h5-7H,1-4,10H2. The monoisotopic (exact) mass is 179 g/mol. The van der Waals surface area contributed by atoms with E-state index in [4.69, 9.17) is 10.3 Å². The lowest BCUT2D eigenvalue weighted by Crippen LogP contribution is -2.42. The summed E-state index contributed by atoms with van der Waals surface area (Å²) in [7, 11) is 0. The maximum atomic E-state index is 6.39. The van der Waals surface area contributed by atoms with Crippen LogP contribution in [-0.2, 0) is 5.54 Å². The van der Waals surface area contributed by atoms with Crippen LogP contribution in [0.4, 0.5) is 0 Å². The SMILES string of the molecule is NC(c1ncon1)(C1CC1)C1CC1. The Hall–Kier alpha value is -0.900. The van der Waals surface area contributed by atoms with Gasteiger partial charge in [0.15, 0.2) is 5.82 Å². The molecule has 1 aromatic rings. The molecule has 1 aromatic heterocycles. The van der Waals surface area contributed by atoms with Crippen LogP contribution in [0.1, 0.15) is 31.5 Å². The zero-order chi connectivity index (χ0) is 8.89. The summed E-state index contributed by atoms with van der Waals surface area (Å²) in [4.78, 5) is 4.11. The molecule has 4 heteroatoms. The summed E-state index contributed by atoms with van der Waals surface area (Å²) < 4.78 is 4.78. The molecule has 13 heavy (non-hydrogen) atoms. The fourth-order valence-corrected chi connectivity index (χ4v) is 2.18. The van der Waals surface area contributed by atoms with E-state index in [1.807, 2.05) is 0 Å². The molecule has 2 fully saturated rings. The van der Waals surface area contributed by atoms with Gasteiger partial charge in [0.1, 0.15) is 0 Å². The van der Waals surface area contributed by atoms with Gasteiger partial charge in [-0.15, -0.1) is 0 Å². The van der Waals surface area contributed by atoms with Crippen molar-refractivity contribution in [3.8, 4) is 0 Å². The van der Waals surface area contributed by atoms with Crippen molar-refractivity contribution in [3.05, 3.63) is 12.2 Å². The Morgan fingerprint density at radius 1 is 1.31 bits per heavy atom. The predicted molar refractivity (Wildman–Crippen MR) is 45.6 cm³/mol. The third kappa shape index (κ3) is 1.01. The van der Waals surface area contributed by atoms with Gasteiger partial charge in [-0.2, -0.15) is 4.98 Å². The average molecular weight is 179 g/mol. The summed E-state index contributed by atoms with van der Waals surface area (Å²) in [6.07, 6.45) is 6.27. The number of nitrogens with two attached hydrogens (primary N) is 1. The van der Waals surface area contributed by atoms with Crippen LogP contribution in [-0.4, -0.2) is 10.1 Å². The van der Waals surface area contributed by atoms with E-state index in [1.54, 1.807) is 0 Å². The van der Waals surface area contributed by atoms with Crippen LogP contribution in [0.25, 0.3) is 0 Å². The van der Waals surface area contributed by atoms with E-state index < -0.39 is 0 Å². The topological polar surface area (TPSA) is 64.9 Å². The minimum absolute atomic E-state index is 0.271. The molecule has 2 aliphatic carbocycles. The molecular formula is C9H13N3O. The second-order valence-corrected chi connectivity index (χ2v) is 4.24. The van der Waals surface area contributed by atoms with Crippen molar-refractivity contribution in [2.24, 2.45) is 17.6 Å². The molecule has 0 aromatic carbocycles. The fourth-order valence-electron chi connectivity index (χ4n) is 2.18. The second kappa shape index (κ2) is 2.32. The molecule has 2 saturated carbocycles. The molecule has 70 valence electrons. The molecule has 0 unspecified atom stereocenters. The van der Waals surface area contributed by atoms with Crippen molar-refractivity contribution in [2.75, 3.05) is 0 Å². The Bertz CT molecular complexity index is 289. The van der Waals surface area contributed by atoms with Crippen LogP contribution in [0.3, 0.4) is 0 Å². The largest absolute Gasteiger partial charge is 0.343 e. The highest BCUT2D eigenvalue weighted by Gasteiger charge is 2.55. The highest BCUT2D eigenvalue weighted by atomic mass is 16.5. The van der Waals surface area contributed by atoms with Crippen molar-refractivity contribution in [1.82, 2.24) is 10.1 Å². The van der Waals surface area contributed by atoms with Crippen LogP contribution >= 0.6 is 0 Å². The molecule has 0 spiro atoms. The number of hydrogen-bond acceptors (Lipinski definition) is 4. The molecule has 4 nitrogen and oxygen atoms in total. The van der Waals surface area contributed by atoms with Gasteiger partial charge in [-0.3, -0.25) is 0 Å². The van der Waals surface area contributed by atoms with E-state index in [9.17, 15) is 0 Å². The molecule has 0 saturated heterocycles. The van der Waals surface area contributed by atoms with Crippen molar-refractivity contribution in [2.45, 2.75) is 31.2 Å². The Balaban J connectivity index is 1.97. The minimum atomic E-state index is -0.271. The van der Waals surface area contributed by atoms with E-state index in [-0.39, 0.29) is 5.54 Å². The zero-order valence-corrected chi connectivity index (χ0v) is 7.44. The van der Waals surface area contributed by atoms with Crippen LogP contribution in [0.15, 0.2) is 10.9 Å². The van der Waals surface area contributed by atoms with Crippen LogP contribution in [0, 0.1) is 11.8 Å². The van der Waals surface area contributed by atoms with E-state index in [0.29, 0.717) is 11.8 Å². The lowest BCUT2D eigenvalue weighted by molar-refractivity contribution is 0.292. The molecule has 0 radical (unpaired) electrons. The Labute approximate surface area is 76.5 Å². The molecule has 0 aliphatic heterocycles. The second-order valence-electron chi connectivity index (χ2n) is 4.24. The summed E-state index contributed by atoms with van der Waals surface area (Å²) >= 11 is 0. The van der Waals surface area contributed by atoms with Crippen molar-refractivity contribution < 1.29 is 4.52 Å². The lowest BCUT2D eigenvalue weighted by atomic mass is 9.88. The lowest BCUT2D eigenvalue weighted by Gasteiger charge is -2.25. The average Bonchev–Trinajstić information content (AvgIpc) is 3.01. The van der Waals surface area contributed by atoms with Gasteiger partial charge < -0.3 is 10.3 Å². The predicted octanol–water partition coefficient (Wildman–Crippen LogP) is 1.04. The zero-order valence-electron chi connectivity index (χ0n) is 7.44. The fraction of sp³-hybridized carbons (Fsp3) is 0.778. The van der Waals surface area contributed by atoms with Crippen molar-refractivity contribution in [1.29, 1.82) is 0 Å². The van der Waals surface area contributed by atoms with Gasteiger partial charge in [-0.1, -0.05) is 5.16 Å². The quantitative estimate of drug-likeness (QED) is 0.753. The summed E-state index contributed by atoms with van der Waals surface area (Å²) in [6.45, 7) is 0. The van der Waals surface area contributed by atoms with Gasteiger partial charge >= 0.3 is 0 Å². The van der Waals surface area contributed by atoms with Gasteiger partial charge in [-0.05, 0) is 37.5 Å². The van der Waals surface area contributed by atoms with Gasteiger partial charge in [0, 0.05) is 0 Å². The summed E-state index contributed by atoms with van der Waals surface area (Å²) in [5.41, 5.74) is 6.12. The first kappa shape index (κ1) is 7.50. The molecule has 0 amide bonds. The molecule has 0 atom stereocenters. The minimum Gasteiger partial charge on any atom is -0.343 e. The first-order valence-corrected chi connectivity index (χ1v) is 4.87. The molecule has 2 aliphatic rings. The third-order valence-electron chi connectivity index (χ3n) is 3.25. The normalized spacial score (nSPS) is 23.5. The number of aromatic nitrogens is 2. The van der Waals surface area contributed by atoms with Gasteiger partial charge in [0.05, 0.1) is 5.54 Å². The smallest absolute Gasteiger partial charge is 0.213 e. The molecule has 2 N–H and O–H groups in total. The Kier molecular flexibility index (Phi) is 1.34.